The second-order valence-corrected chi connectivity index (χ2v) is 10.7. The molecule has 0 amide bonds. The van der Waals surface area contributed by atoms with Gasteiger partial charge < -0.3 is 210 Å². The summed E-state index contributed by atoms with van der Waals surface area (Å²) >= 11 is 0. The number of aliphatic hydroxyl groups excluding tert-OH is 14. The monoisotopic (exact) mass is 1230 g/mol. The van der Waals surface area contributed by atoms with Gasteiger partial charge in [-0.2, -0.15) is 0 Å². The van der Waals surface area contributed by atoms with Crippen LogP contribution in [0.3, 0.4) is 0 Å². The molecule has 0 aromatic rings. The van der Waals surface area contributed by atoms with Gasteiger partial charge in [0.15, 0.2) is 0 Å². The topological polar surface area (TPSA) is 845 Å². The average molecular weight is 1230 g/mol. The van der Waals surface area contributed by atoms with Crippen LogP contribution in [0.4, 0.5) is 0 Å². The van der Waals surface area contributed by atoms with Gasteiger partial charge in [0.05, 0.1) is 83.6 Å². The van der Waals surface area contributed by atoms with Crippen LogP contribution in [0, 0.1) is 0 Å². The third kappa shape index (κ3) is 41.1. The molecule has 0 bridgehead atoms. The van der Waals surface area contributed by atoms with Crippen molar-refractivity contribution >= 4 is 83.6 Å². The molecule has 0 aromatic heterocycles. The second kappa shape index (κ2) is 43.1. The van der Waals surface area contributed by atoms with Crippen molar-refractivity contribution in [2.45, 2.75) is 85.5 Å². The number of rotatable bonds is 21. The fourth-order valence-electron chi connectivity index (χ4n) is 1.80. The van der Waals surface area contributed by atoms with E-state index in [0.29, 0.717) is 0 Å². The van der Waals surface area contributed by atoms with Gasteiger partial charge in [0.2, 0.25) is 0 Å². The Morgan fingerprint density at radius 3 is 0.194 bits per heavy atom. The van der Waals surface area contributed by atoms with Crippen LogP contribution in [-0.4, -0.2) is 241 Å². The summed E-state index contributed by atoms with van der Waals surface area (Å²) in [6, 6.07) is 0. The number of carboxylic acids is 14. The first-order valence-electron chi connectivity index (χ1n) is 15.7. The van der Waals surface area contributed by atoms with Crippen LogP contribution in [0.15, 0.2) is 0 Å². The molecule has 14 unspecified atom stereocenters. The normalized spacial score (nSPS) is 15.4. The fourth-order valence-corrected chi connectivity index (χ4v) is 1.80. The van der Waals surface area contributed by atoms with Crippen molar-refractivity contribution in [3.05, 3.63) is 0 Å². The maximum Gasteiger partial charge on any atom is 7.00 e. The molecule has 0 saturated heterocycles. The van der Waals surface area contributed by atoms with Crippen LogP contribution in [0.5, 0.6) is 0 Å². The number of carbonyl (C=O) groups is 14. The Morgan fingerprint density at radius 1 is 0.153 bits per heavy atom. The molecule has 44 heteroatoms. The smallest absolute Gasteiger partial charge is 0.547 e. The van der Waals surface area contributed by atoms with Crippen LogP contribution >= 0.6 is 0 Å². The molecule has 72 heavy (non-hydrogen) atoms. The molecule has 14 N–H and O–H groups in total. The van der Waals surface area contributed by atoms with E-state index < -0.39 is 169 Å². The first kappa shape index (κ1) is 85.2. The fraction of sp³-hybridized carbons (Fsp3) is 0.500. The van der Waals surface area contributed by atoms with Crippen LogP contribution in [0.1, 0.15) is 0 Å². The standard InChI is InChI=1S/7C4H6O6.2Tc/c7*5-1(3(7)8)2(6)4(9)10;;/h7*1-2,5-6H,(H,7,8)(H,9,10);;/q;;;;;;;2*+7/p-14. The number of hydrogen-bond acceptors (Lipinski definition) is 42. The van der Waals surface area contributed by atoms with Crippen LogP contribution < -0.4 is 71.5 Å². The Balaban J connectivity index is -0.0000000915. The number of carboxylic acid groups (broad SMARTS) is 14. The Morgan fingerprint density at radius 2 is 0.181 bits per heavy atom. The third-order valence-electron chi connectivity index (χ3n) is 5.47. The predicted molar refractivity (Wildman–Crippen MR) is 154 cm³/mol. The van der Waals surface area contributed by atoms with E-state index in [1.807, 2.05) is 0 Å². The van der Waals surface area contributed by atoms with Crippen LogP contribution in [0.2, 0.25) is 0 Å². The van der Waals surface area contributed by atoms with E-state index in [2.05, 4.69) is 0 Å². The Kier molecular flexibility index (Phi) is 51.0. The molecule has 0 aliphatic carbocycles. The third-order valence-corrected chi connectivity index (χ3v) is 5.47. The van der Waals surface area contributed by atoms with E-state index in [0.717, 1.165) is 0 Å². The van der Waals surface area contributed by atoms with Crippen molar-refractivity contribution in [2.75, 3.05) is 0 Å². The van der Waals surface area contributed by atoms with E-state index in [4.69, 9.17) is 71.5 Å². The Hall–Kier alpha value is -6.68. The molecule has 0 rings (SSSR count). The van der Waals surface area contributed by atoms with E-state index >= 15 is 0 Å². The minimum Gasteiger partial charge on any atom is -0.547 e. The van der Waals surface area contributed by atoms with E-state index in [-0.39, 0.29) is 40.2 Å². The first-order valence-corrected chi connectivity index (χ1v) is 15.7. The summed E-state index contributed by atoms with van der Waals surface area (Å²) < 4.78 is 0. The summed E-state index contributed by atoms with van der Waals surface area (Å²) in [7, 11) is 0. The number of aliphatic hydroxyl groups is 14. The van der Waals surface area contributed by atoms with Gasteiger partial charge in [0, 0.05) is 0 Å². The van der Waals surface area contributed by atoms with Gasteiger partial charge in [-0.3, -0.25) is 0 Å². The van der Waals surface area contributed by atoms with Crippen molar-refractivity contribution in [3.63, 3.8) is 0 Å². The van der Waals surface area contributed by atoms with E-state index in [9.17, 15) is 139 Å². The molecular formula is C28H28O42Tc2. The van der Waals surface area contributed by atoms with Gasteiger partial charge in [0.25, 0.3) is 0 Å². The molecule has 14 atom stereocenters. The molecule has 0 fully saturated rings. The van der Waals surface area contributed by atoms with E-state index in [1.54, 1.807) is 0 Å². The number of carbonyl (C=O) groups excluding carboxylic acids is 14. The van der Waals surface area contributed by atoms with Gasteiger partial charge in [-0.25, -0.2) is 0 Å². The molecule has 0 saturated carbocycles. The minimum absolute atomic E-state index is 0. The summed E-state index contributed by atoms with van der Waals surface area (Å²) in [5, 5.41) is 250. The molecule has 0 spiro atoms. The number of hydrogen-bond donors (Lipinski definition) is 14. The van der Waals surface area contributed by atoms with Crippen molar-refractivity contribution < 1.29 is 250 Å². The van der Waals surface area contributed by atoms with Crippen molar-refractivity contribution in [3.8, 4) is 0 Å². The SMILES string of the molecule is O=C([O-])C(O)C(O)C(=O)[O-].O=C([O-])C(O)C(O)C(=O)[O-].O=C([O-])C(O)C(O)C(=O)[O-].O=C([O-])C(O)C(O)C(=O)[O-].O=C([O-])C(O)C(O)C(=O)[O-].O=C([O-])C(O)C(O)C(=O)[O-].O=C([O-])C(O)C(O)C(=O)[O-].[Tc+7].[Tc+7]. The van der Waals surface area contributed by atoms with Gasteiger partial charge in [-0.05, 0) is 0 Å². The average Bonchev–Trinajstić information content (AvgIpc) is 3.25. The summed E-state index contributed by atoms with van der Waals surface area (Å²) in [5.74, 6) is -28.8. The summed E-state index contributed by atoms with van der Waals surface area (Å²) in [5.41, 5.74) is 0. The zero-order valence-corrected chi connectivity index (χ0v) is 37.2. The molecule has 0 aliphatic rings. The summed E-state index contributed by atoms with van der Waals surface area (Å²) in [4.78, 5) is 135. The molecule has 406 valence electrons. The van der Waals surface area contributed by atoms with Gasteiger partial charge in [0.1, 0.15) is 85.5 Å². The van der Waals surface area contributed by atoms with Crippen molar-refractivity contribution in [1.82, 2.24) is 0 Å². The van der Waals surface area contributed by atoms with Gasteiger partial charge in [-0.1, -0.05) is 0 Å². The molecule has 0 heterocycles. The van der Waals surface area contributed by atoms with Crippen molar-refractivity contribution in [2.24, 2.45) is 0 Å². The zero-order chi connectivity index (χ0) is 58.2. The Bertz CT molecular complexity index is 1300. The van der Waals surface area contributed by atoms with Crippen LogP contribution in [0.25, 0.3) is 0 Å². The maximum atomic E-state index is 9.63. The van der Waals surface area contributed by atoms with Crippen LogP contribution in [-0.2, 0) is 107 Å². The second-order valence-electron chi connectivity index (χ2n) is 10.7. The summed E-state index contributed by atoms with van der Waals surface area (Å²) in [6.45, 7) is 0. The predicted octanol–water partition coefficient (Wildman–Crippen LogP) is -33.5. The number of aliphatic carboxylic acids is 14. The molecule has 0 aromatic carbocycles. The largest absolute Gasteiger partial charge is 7.00 e. The maximum absolute atomic E-state index is 9.63. The molecular weight excluding hydrogens is 1200 g/mol. The minimum atomic E-state index is -2.44. The zero-order valence-electron chi connectivity index (χ0n) is 33.5. The van der Waals surface area contributed by atoms with Crippen molar-refractivity contribution in [1.29, 1.82) is 0 Å². The quantitative estimate of drug-likeness (QED) is 0.0507. The Labute approximate surface area is 418 Å². The van der Waals surface area contributed by atoms with Gasteiger partial charge >= 0.3 is 40.2 Å². The summed E-state index contributed by atoms with van der Waals surface area (Å²) in [6.07, 6.45) is -34.2. The molecule has 0 radical (unpaired) electrons. The molecule has 0 aliphatic heterocycles. The molecule has 42 nitrogen and oxygen atoms in total. The van der Waals surface area contributed by atoms with Gasteiger partial charge in [-0.15, -0.1) is 0 Å². The first-order chi connectivity index (χ1) is 31.2. The van der Waals surface area contributed by atoms with E-state index in [1.165, 1.54) is 0 Å².